The Morgan fingerprint density at radius 2 is 1.95 bits per heavy atom. The van der Waals surface area contributed by atoms with Gasteiger partial charge in [0.25, 0.3) is 0 Å². The number of hydrogen-bond acceptors (Lipinski definition) is 5. The van der Waals surface area contributed by atoms with Crippen LogP contribution in [0.25, 0.3) is 10.9 Å². The molecule has 1 fully saturated rings. The number of benzene rings is 2. The summed E-state index contributed by atoms with van der Waals surface area (Å²) in [7, 11) is 3.23. The van der Waals surface area contributed by atoms with Crippen LogP contribution in [0.15, 0.2) is 54.7 Å². The van der Waals surface area contributed by atoms with Crippen LogP contribution in [0.3, 0.4) is 0 Å². The highest BCUT2D eigenvalue weighted by Gasteiger charge is 2.30. The number of piperidine rings is 1. The van der Waals surface area contributed by atoms with E-state index in [2.05, 4.69) is 21.7 Å². The molecular weight excluding hydrogens is 483 g/mol. The normalized spacial score (nSPS) is 18.4. The van der Waals surface area contributed by atoms with Gasteiger partial charge in [0.2, 0.25) is 0 Å². The Morgan fingerprint density at radius 3 is 2.74 bits per heavy atom. The lowest BCUT2D eigenvalue weighted by Crippen LogP contribution is -2.41. The number of pyridine rings is 1. The van der Waals surface area contributed by atoms with Gasteiger partial charge in [-0.15, -0.1) is 0 Å². The Bertz CT molecular complexity index is 1300. The van der Waals surface area contributed by atoms with Gasteiger partial charge in [-0.1, -0.05) is 17.9 Å². The van der Waals surface area contributed by atoms with Gasteiger partial charge >= 0.3 is 5.97 Å². The van der Waals surface area contributed by atoms with E-state index in [1.165, 1.54) is 0 Å². The predicted octanol–water partition coefficient (Wildman–Crippen LogP) is 5.90. The van der Waals surface area contributed by atoms with E-state index in [9.17, 15) is 9.90 Å². The van der Waals surface area contributed by atoms with Crippen molar-refractivity contribution in [2.24, 2.45) is 11.8 Å². The van der Waals surface area contributed by atoms with E-state index in [-0.39, 0.29) is 18.3 Å². The van der Waals surface area contributed by atoms with Crippen LogP contribution in [0.4, 0.5) is 4.39 Å². The number of alkyl halides is 1. The summed E-state index contributed by atoms with van der Waals surface area (Å²) in [5.41, 5.74) is 2.27. The van der Waals surface area contributed by atoms with Crippen molar-refractivity contribution in [2.75, 3.05) is 33.9 Å². The number of nitrogens with zero attached hydrogens (tertiary/aromatic N) is 2. The molecule has 6 nitrogen and oxygen atoms in total. The first-order valence-corrected chi connectivity index (χ1v) is 13.1. The maximum Gasteiger partial charge on any atom is 0.303 e. The van der Waals surface area contributed by atoms with Gasteiger partial charge in [0.05, 0.1) is 26.3 Å². The zero-order chi connectivity index (χ0) is 26.9. The minimum absolute atomic E-state index is 0.123. The molecule has 0 radical (unpaired) electrons. The van der Waals surface area contributed by atoms with Crippen LogP contribution in [0, 0.1) is 23.7 Å². The highest BCUT2D eigenvalue weighted by molar-refractivity contribution is 5.83. The number of rotatable bonds is 10. The van der Waals surface area contributed by atoms with E-state index in [1.807, 2.05) is 42.5 Å². The number of carboxylic acid groups (broad SMARTS) is 1. The third-order valence-corrected chi connectivity index (χ3v) is 7.42. The number of aliphatic carboxylic acids is 1. The van der Waals surface area contributed by atoms with Crippen LogP contribution < -0.4 is 9.47 Å². The standard InChI is InChI=1S/C31H35FN2O4/c1-37-25-7-3-5-22(19-25)6-4-17-34-18-15-23(24(21-34)9-13-31(35)36)8-11-29(32)27-14-16-33-30-12-10-26(38-2)20-28(27)30/h3,5,7,10,12,14,16,19-20,23-24,29H,8-9,11,13,15,17-18,21H2,1-2H3,(H,35,36)/t23-,24+,29?/m1/s1. The SMILES string of the molecule is COc1cccc(C#CCN2CC[C@@H](CCC(F)c3ccnc4ccc(OC)cc34)[C@@H](CCC(=O)O)C2)c1. The Labute approximate surface area is 223 Å². The van der Waals surface area contributed by atoms with Crippen molar-refractivity contribution >= 4 is 16.9 Å². The van der Waals surface area contributed by atoms with Crippen molar-refractivity contribution in [1.29, 1.82) is 0 Å². The minimum Gasteiger partial charge on any atom is -0.497 e. The molecule has 1 aliphatic heterocycles. The van der Waals surface area contributed by atoms with Crippen molar-refractivity contribution in [2.45, 2.75) is 38.3 Å². The largest absolute Gasteiger partial charge is 0.497 e. The van der Waals surface area contributed by atoms with Crippen LogP contribution >= 0.6 is 0 Å². The highest BCUT2D eigenvalue weighted by Crippen LogP contribution is 2.36. The molecule has 1 saturated heterocycles. The van der Waals surface area contributed by atoms with E-state index in [1.54, 1.807) is 26.5 Å². The molecule has 0 spiro atoms. The number of hydrogen-bond donors (Lipinski definition) is 1. The lowest BCUT2D eigenvalue weighted by Gasteiger charge is -2.38. The molecule has 1 aromatic heterocycles. The van der Waals surface area contributed by atoms with Gasteiger partial charge in [-0.05, 0) is 92.1 Å². The van der Waals surface area contributed by atoms with Crippen LogP contribution in [0.2, 0.25) is 0 Å². The van der Waals surface area contributed by atoms with Gasteiger partial charge in [0, 0.05) is 30.1 Å². The number of methoxy groups -OCH3 is 2. The first kappa shape index (κ1) is 27.4. The lowest BCUT2D eigenvalue weighted by molar-refractivity contribution is -0.137. The molecule has 3 aromatic rings. The maximum atomic E-state index is 15.6. The molecule has 200 valence electrons. The summed E-state index contributed by atoms with van der Waals surface area (Å²) >= 11 is 0. The summed E-state index contributed by atoms with van der Waals surface area (Å²) in [5.74, 6) is 7.57. The summed E-state index contributed by atoms with van der Waals surface area (Å²) in [6.45, 7) is 2.26. The van der Waals surface area contributed by atoms with Crippen LogP contribution in [0.5, 0.6) is 11.5 Å². The van der Waals surface area contributed by atoms with Crippen molar-refractivity contribution in [1.82, 2.24) is 9.88 Å². The number of carboxylic acids is 1. The minimum atomic E-state index is -1.13. The molecular formula is C31H35FN2O4. The predicted molar refractivity (Wildman–Crippen MR) is 146 cm³/mol. The number of fused-ring (bicyclic) bond motifs is 1. The summed E-state index contributed by atoms with van der Waals surface area (Å²) in [6, 6.07) is 14.9. The van der Waals surface area contributed by atoms with Crippen molar-refractivity contribution in [3.8, 4) is 23.3 Å². The summed E-state index contributed by atoms with van der Waals surface area (Å²) < 4.78 is 26.1. The number of ether oxygens (including phenoxy) is 2. The smallest absolute Gasteiger partial charge is 0.303 e. The zero-order valence-corrected chi connectivity index (χ0v) is 22.0. The van der Waals surface area contributed by atoms with E-state index < -0.39 is 12.1 Å². The Morgan fingerprint density at radius 1 is 1.13 bits per heavy atom. The maximum absolute atomic E-state index is 15.6. The summed E-state index contributed by atoms with van der Waals surface area (Å²) in [5, 5.41) is 10.1. The second kappa shape index (κ2) is 13.3. The number of likely N-dealkylation sites (tertiary alicyclic amines) is 1. The average molecular weight is 519 g/mol. The molecule has 3 atom stereocenters. The summed E-state index contributed by atoms with van der Waals surface area (Å²) in [4.78, 5) is 18.0. The zero-order valence-electron chi connectivity index (χ0n) is 22.0. The number of aromatic nitrogens is 1. The Hall–Kier alpha value is -3.63. The number of carbonyl (C=O) groups is 1. The summed E-state index contributed by atoms with van der Waals surface area (Å²) in [6.07, 6.45) is 3.24. The lowest BCUT2D eigenvalue weighted by atomic mass is 9.79. The van der Waals surface area contributed by atoms with Gasteiger partial charge in [-0.3, -0.25) is 14.7 Å². The molecule has 0 aliphatic carbocycles. The van der Waals surface area contributed by atoms with Gasteiger partial charge in [-0.25, -0.2) is 4.39 Å². The molecule has 1 N–H and O–H groups in total. The quantitative estimate of drug-likeness (QED) is 0.337. The van der Waals surface area contributed by atoms with Crippen LogP contribution in [0.1, 0.15) is 49.4 Å². The van der Waals surface area contributed by atoms with Gasteiger partial charge < -0.3 is 14.6 Å². The molecule has 0 amide bonds. The van der Waals surface area contributed by atoms with E-state index in [4.69, 9.17) is 9.47 Å². The third-order valence-electron chi connectivity index (χ3n) is 7.42. The molecule has 2 heterocycles. The Balaban J connectivity index is 1.39. The monoisotopic (exact) mass is 518 g/mol. The van der Waals surface area contributed by atoms with E-state index >= 15 is 4.39 Å². The van der Waals surface area contributed by atoms with Crippen molar-refractivity contribution in [3.63, 3.8) is 0 Å². The second-order valence-electron chi connectivity index (χ2n) is 9.84. The molecule has 0 bridgehead atoms. The molecule has 4 rings (SSSR count). The third kappa shape index (κ3) is 7.23. The van der Waals surface area contributed by atoms with Gasteiger partial charge in [0.1, 0.15) is 17.7 Å². The van der Waals surface area contributed by atoms with E-state index in [0.29, 0.717) is 37.1 Å². The first-order valence-electron chi connectivity index (χ1n) is 13.1. The topological polar surface area (TPSA) is 71.9 Å². The average Bonchev–Trinajstić information content (AvgIpc) is 2.94. The van der Waals surface area contributed by atoms with Crippen LogP contribution in [-0.4, -0.2) is 54.8 Å². The van der Waals surface area contributed by atoms with E-state index in [0.717, 1.165) is 41.7 Å². The van der Waals surface area contributed by atoms with Gasteiger partial charge in [0.15, 0.2) is 0 Å². The van der Waals surface area contributed by atoms with Crippen LogP contribution in [-0.2, 0) is 4.79 Å². The van der Waals surface area contributed by atoms with Crippen molar-refractivity contribution in [3.05, 3.63) is 65.9 Å². The molecule has 7 heteroatoms. The highest BCUT2D eigenvalue weighted by atomic mass is 19.1. The second-order valence-corrected chi connectivity index (χ2v) is 9.84. The fourth-order valence-electron chi connectivity index (χ4n) is 5.33. The fraction of sp³-hybridized carbons (Fsp3) is 0.419. The molecule has 0 saturated carbocycles. The fourth-order valence-corrected chi connectivity index (χ4v) is 5.33. The molecule has 38 heavy (non-hydrogen) atoms. The number of halogens is 1. The Kier molecular flexibility index (Phi) is 9.56. The molecule has 1 unspecified atom stereocenters. The van der Waals surface area contributed by atoms with Crippen molar-refractivity contribution < 1.29 is 23.8 Å². The van der Waals surface area contributed by atoms with Gasteiger partial charge in [-0.2, -0.15) is 0 Å². The first-order chi connectivity index (χ1) is 18.5. The molecule has 1 aliphatic rings. The molecule has 2 aromatic carbocycles.